The third-order valence-electron chi connectivity index (χ3n) is 4.17. The third kappa shape index (κ3) is 4.47. The Labute approximate surface area is 163 Å². The summed E-state index contributed by atoms with van der Waals surface area (Å²) in [6.45, 7) is 0. The number of aliphatic imine (C=N–C) groups is 1. The molecule has 0 aromatic heterocycles. The fourth-order valence-corrected chi connectivity index (χ4v) is 7.22. The number of thioether (sulfide) groups is 1. The van der Waals surface area contributed by atoms with Crippen molar-refractivity contribution in [3.8, 4) is 0 Å². The van der Waals surface area contributed by atoms with E-state index in [1.807, 2.05) is 29.2 Å². The van der Waals surface area contributed by atoms with Gasteiger partial charge in [-0.25, -0.2) is 8.42 Å². The third-order valence-corrected chi connectivity index (χ3v) is 7.91. The molecule has 2 saturated heterocycles. The summed E-state index contributed by atoms with van der Waals surface area (Å²) in [6.07, 6.45) is 0.205. The summed E-state index contributed by atoms with van der Waals surface area (Å²) in [5, 5.41) is 8.99. The van der Waals surface area contributed by atoms with E-state index in [1.54, 1.807) is 0 Å². The molecule has 2 aliphatic heterocycles. The molecular weight excluding hydrogens is 444 g/mol. The van der Waals surface area contributed by atoms with Gasteiger partial charge in [0.15, 0.2) is 15.0 Å². The summed E-state index contributed by atoms with van der Waals surface area (Å²) in [6, 6.07) is 7.15. The van der Waals surface area contributed by atoms with Crippen molar-refractivity contribution in [2.75, 3.05) is 16.4 Å². The topological polar surface area (TPSA) is 104 Å². The molecule has 1 amide bonds. The average molecular weight is 461 g/mol. The highest BCUT2D eigenvalue weighted by atomic mass is 79.9. The number of halogens is 1. The molecule has 1 aromatic carbocycles. The van der Waals surface area contributed by atoms with Crippen molar-refractivity contribution in [3.63, 3.8) is 0 Å². The van der Waals surface area contributed by atoms with Gasteiger partial charge in [0.2, 0.25) is 5.91 Å². The predicted octanol–water partition coefficient (Wildman–Crippen LogP) is 2.31. The summed E-state index contributed by atoms with van der Waals surface area (Å²) in [5.41, 5.74) is 0.780. The van der Waals surface area contributed by atoms with Crippen LogP contribution in [-0.2, 0) is 19.4 Å². The maximum Gasteiger partial charge on any atom is 0.303 e. The number of amides is 1. The molecule has 140 valence electrons. The lowest BCUT2D eigenvalue weighted by Crippen LogP contribution is -2.37. The fraction of sp³-hybridized carbons (Fsp3) is 0.438. The van der Waals surface area contributed by atoms with E-state index < -0.39 is 21.7 Å². The van der Waals surface area contributed by atoms with Crippen LogP contribution in [0.25, 0.3) is 0 Å². The van der Waals surface area contributed by atoms with E-state index in [4.69, 9.17) is 5.11 Å². The first-order valence-corrected chi connectivity index (χ1v) is 11.5. The molecule has 0 radical (unpaired) electrons. The molecule has 0 bridgehead atoms. The number of carbonyl (C=O) groups is 2. The van der Waals surface area contributed by atoms with Crippen molar-refractivity contribution in [3.05, 3.63) is 28.7 Å². The van der Waals surface area contributed by atoms with E-state index in [0.717, 1.165) is 10.2 Å². The molecule has 10 heteroatoms. The second-order valence-corrected chi connectivity index (χ2v) is 10.5. The molecule has 2 heterocycles. The zero-order valence-corrected chi connectivity index (χ0v) is 16.9. The number of hydrogen-bond donors (Lipinski definition) is 1. The Morgan fingerprint density at radius 1 is 1.23 bits per heavy atom. The minimum absolute atomic E-state index is 0.0347. The smallest absolute Gasteiger partial charge is 0.303 e. The van der Waals surface area contributed by atoms with Crippen molar-refractivity contribution >= 4 is 60.3 Å². The number of nitrogens with zero attached hydrogens (tertiary/aromatic N) is 2. The Morgan fingerprint density at radius 2 is 1.92 bits per heavy atom. The van der Waals surface area contributed by atoms with Gasteiger partial charge in [-0.05, 0) is 30.7 Å². The molecule has 2 aliphatic rings. The Hall–Kier alpha value is -1.39. The lowest BCUT2D eigenvalue weighted by molar-refractivity contribution is -0.137. The van der Waals surface area contributed by atoms with Gasteiger partial charge >= 0.3 is 5.97 Å². The first kappa shape index (κ1) is 19.4. The maximum atomic E-state index is 12.1. The number of aliphatic carboxylic acids is 1. The van der Waals surface area contributed by atoms with E-state index in [0.29, 0.717) is 5.17 Å². The highest BCUT2D eigenvalue weighted by Gasteiger charge is 2.49. The Balaban J connectivity index is 1.84. The molecule has 0 aliphatic carbocycles. The molecule has 0 saturated carbocycles. The first-order valence-electron chi connectivity index (χ1n) is 8.00. The van der Waals surface area contributed by atoms with Gasteiger partial charge in [0, 0.05) is 28.3 Å². The van der Waals surface area contributed by atoms with Gasteiger partial charge in [-0.1, -0.05) is 27.7 Å². The maximum absolute atomic E-state index is 12.1. The monoisotopic (exact) mass is 460 g/mol. The molecule has 7 nitrogen and oxygen atoms in total. The van der Waals surface area contributed by atoms with Crippen LogP contribution in [0.4, 0.5) is 5.69 Å². The normalized spacial score (nSPS) is 25.4. The summed E-state index contributed by atoms with van der Waals surface area (Å²) < 4.78 is 24.9. The number of sulfone groups is 1. The Bertz CT molecular complexity index is 854. The second-order valence-electron chi connectivity index (χ2n) is 6.18. The molecule has 3 rings (SSSR count). The van der Waals surface area contributed by atoms with Crippen LogP contribution in [0.5, 0.6) is 0 Å². The zero-order valence-electron chi connectivity index (χ0n) is 13.7. The van der Waals surface area contributed by atoms with Gasteiger partial charge in [0.25, 0.3) is 0 Å². The molecule has 0 unspecified atom stereocenters. The number of carboxylic acids is 1. The van der Waals surface area contributed by atoms with Crippen LogP contribution in [0.3, 0.4) is 0 Å². The second kappa shape index (κ2) is 7.69. The average Bonchev–Trinajstić information content (AvgIpc) is 2.99. The molecule has 1 aromatic rings. The minimum atomic E-state index is -3.11. The number of anilines is 1. The molecular formula is C16H17BrN2O5S2. The number of amidine groups is 1. The largest absolute Gasteiger partial charge is 0.481 e. The van der Waals surface area contributed by atoms with E-state index in [2.05, 4.69) is 20.9 Å². The molecule has 0 spiro atoms. The number of fused-ring (bicyclic) bond motifs is 1. The van der Waals surface area contributed by atoms with Crippen LogP contribution < -0.4 is 4.90 Å². The lowest BCUT2D eigenvalue weighted by atomic mass is 10.2. The molecule has 1 N–H and O–H groups in total. The van der Waals surface area contributed by atoms with E-state index in [9.17, 15) is 18.0 Å². The molecule has 2 atom stereocenters. The molecule has 2 fully saturated rings. The SMILES string of the molecule is O=C(O)CCCC(=O)N=C1S[C@H]2CS(=O)(=O)C[C@@H]2N1c1ccc(Br)cc1. The van der Waals surface area contributed by atoms with Gasteiger partial charge in [-0.3, -0.25) is 9.59 Å². The van der Waals surface area contributed by atoms with Crippen LogP contribution in [0.1, 0.15) is 19.3 Å². The van der Waals surface area contributed by atoms with Gasteiger partial charge in [0.1, 0.15) is 0 Å². The van der Waals surface area contributed by atoms with E-state index in [-0.39, 0.29) is 42.1 Å². The predicted molar refractivity (Wildman–Crippen MR) is 104 cm³/mol. The van der Waals surface area contributed by atoms with Crippen LogP contribution in [0.2, 0.25) is 0 Å². The van der Waals surface area contributed by atoms with Crippen molar-refractivity contribution < 1.29 is 23.1 Å². The van der Waals surface area contributed by atoms with Crippen molar-refractivity contribution in [1.29, 1.82) is 0 Å². The standard InChI is InChI=1S/C16H17BrN2O5S2/c17-10-4-6-11(7-5-10)19-12-8-26(23,24)9-13(12)25-16(19)18-14(20)2-1-3-15(21)22/h4-7,12-13H,1-3,8-9H2,(H,21,22)/t12-,13-/m0/s1. The summed E-state index contributed by atoms with van der Waals surface area (Å²) in [7, 11) is -3.11. The lowest BCUT2D eigenvalue weighted by Gasteiger charge is -2.24. The number of benzene rings is 1. The highest BCUT2D eigenvalue weighted by molar-refractivity contribution is 9.10. The number of hydrogen-bond acceptors (Lipinski definition) is 5. The van der Waals surface area contributed by atoms with Gasteiger partial charge < -0.3 is 10.0 Å². The van der Waals surface area contributed by atoms with Crippen molar-refractivity contribution in [1.82, 2.24) is 0 Å². The van der Waals surface area contributed by atoms with Gasteiger partial charge in [-0.15, -0.1) is 0 Å². The first-order chi connectivity index (χ1) is 12.2. The molecule has 26 heavy (non-hydrogen) atoms. The number of rotatable bonds is 5. The Kier molecular flexibility index (Phi) is 5.73. The van der Waals surface area contributed by atoms with Crippen LogP contribution in [0.15, 0.2) is 33.7 Å². The van der Waals surface area contributed by atoms with Gasteiger partial charge in [-0.2, -0.15) is 4.99 Å². The van der Waals surface area contributed by atoms with Gasteiger partial charge in [0.05, 0.1) is 17.5 Å². The fourth-order valence-electron chi connectivity index (χ4n) is 3.02. The highest BCUT2D eigenvalue weighted by Crippen LogP contribution is 2.41. The summed E-state index contributed by atoms with van der Waals surface area (Å²) in [4.78, 5) is 28.6. The zero-order chi connectivity index (χ0) is 18.9. The Morgan fingerprint density at radius 3 is 2.58 bits per heavy atom. The quantitative estimate of drug-likeness (QED) is 0.718. The van der Waals surface area contributed by atoms with Crippen molar-refractivity contribution in [2.24, 2.45) is 4.99 Å². The summed E-state index contributed by atoms with van der Waals surface area (Å²) >= 11 is 4.68. The minimum Gasteiger partial charge on any atom is -0.481 e. The van der Waals surface area contributed by atoms with E-state index in [1.165, 1.54) is 11.8 Å². The van der Waals surface area contributed by atoms with Crippen LogP contribution >= 0.6 is 27.7 Å². The van der Waals surface area contributed by atoms with Crippen LogP contribution in [-0.4, -0.2) is 53.4 Å². The van der Waals surface area contributed by atoms with Crippen LogP contribution in [0, 0.1) is 0 Å². The number of carboxylic acid groups (broad SMARTS) is 1. The summed E-state index contributed by atoms with van der Waals surface area (Å²) in [5.74, 6) is -1.23. The van der Waals surface area contributed by atoms with Crippen molar-refractivity contribution in [2.45, 2.75) is 30.6 Å². The number of carbonyl (C=O) groups excluding carboxylic acids is 1. The van der Waals surface area contributed by atoms with E-state index >= 15 is 0 Å².